The molecule has 5 atom stereocenters. The van der Waals surface area contributed by atoms with Gasteiger partial charge in [0.05, 0.1) is 17.6 Å². The Morgan fingerprint density at radius 1 is 1.12 bits per heavy atom. The van der Waals surface area contributed by atoms with E-state index in [0.717, 1.165) is 25.7 Å². The van der Waals surface area contributed by atoms with Crippen molar-refractivity contribution in [1.82, 2.24) is 0 Å². The molecule has 1 aromatic rings. The van der Waals surface area contributed by atoms with Crippen LogP contribution in [0, 0.1) is 17.8 Å². The molecule has 2 bridgehead atoms. The van der Waals surface area contributed by atoms with Crippen molar-refractivity contribution in [3.05, 3.63) is 35.9 Å². The maximum Gasteiger partial charge on any atom is 0.308 e. The molecule has 5 unspecified atom stereocenters. The first-order chi connectivity index (χ1) is 11.4. The summed E-state index contributed by atoms with van der Waals surface area (Å²) in [7, 11) is 0. The van der Waals surface area contributed by atoms with Crippen LogP contribution in [-0.4, -0.2) is 18.2 Å². The molecule has 0 N–H and O–H groups in total. The SMILES string of the molecule is CCC(C)C(=O)OC1CC2CC1CC2OC(C)(C)c1ccccc1. The minimum absolute atomic E-state index is 0.00758. The second-order valence-electron chi connectivity index (χ2n) is 8.04. The minimum Gasteiger partial charge on any atom is -0.462 e. The van der Waals surface area contributed by atoms with Gasteiger partial charge in [-0.3, -0.25) is 4.79 Å². The van der Waals surface area contributed by atoms with Crippen molar-refractivity contribution in [2.24, 2.45) is 17.8 Å². The van der Waals surface area contributed by atoms with Gasteiger partial charge in [0.15, 0.2) is 0 Å². The zero-order valence-electron chi connectivity index (χ0n) is 15.3. The standard InChI is InChI=1S/C21H30O3/c1-5-14(2)20(22)23-18-12-16-11-15(18)13-19(16)24-21(3,4)17-9-7-6-8-10-17/h6-10,14-16,18-19H,5,11-13H2,1-4H3. The lowest BCUT2D eigenvalue weighted by Crippen LogP contribution is -2.36. The smallest absolute Gasteiger partial charge is 0.308 e. The van der Waals surface area contributed by atoms with Gasteiger partial charge in [0, 0.05) is 0 Å². The van der Waals surface area contributed by atoms with Crippen LogP contribution in [0.15, 0.2) is 30.3 Å². The van der Waals surface area contributed by atoms with Gasteiger partial charge < -0.3 is 9.47 Å². The third kappa shape index (κ3) is 3.51. The van der Waals surface area contributed by atoms with Gasteiger partial charge in [-0.05, 0) is 56.9 Å². The third-order valence-electron chi connectivity index (χ3n) is 5.92. The Labute approximate surface area is 145 Å². The molecule has 2 aliphatic rings. The molecular weight excluding hydrogens is 300 g/mol. The van der Waals surface area contributed by atoms with Crippen molar-refractivity contribution >= 4 is 5.97 Å². The number of ether oxygens (including phenoxy) is 2. The van der Waals surface area contributed by atoms with E-state index in [2.05, 4.69) is 38.1 Å². The molecule has 2 aliphatic carbocycles. The first kappa shape index (κ1) is 17.5. The molecule has 0 amide bonds. The van der Waals surface area contributed by atoms with E-state index >= 15 is 0 Å². The van der Waals surface area contributed by atoms with Crippen LogP contribution < -0.4 is 0 Å². The molecule has 2 fully saturated rings. The van der Waals surface area contributed by atoms with E-state index in [4.69, 9.17) is 9.47 Å². The summed E-state index contributed by atoms with van der Waals surface area (Å²) in [5.74, 6) is 0.970. The number of hydrogen-bond donors (Lipinski definition) is 0. The van der Waals surface area contributed by atoms with Gasteiger partial charge in [-0.2, -0.15) is 0 Å². The van der Waals surface area contributed by atoms with Gasteiger partial charge in [0.1, 0.15) is 6.10 Å². The number of fused-ring (bicyclic) bond motifs is 2. The molecule has 0 heterocycles. The summed E-state index contributed by atoms with van der Waals surface area (Å²) in [5, 5.41) is 0. The number of carbonyl (C=O) groups excluding carboxylic acids is 1. The van der Waals surface area contributed by atoms with Gasteiger partial charge in [0.25, 0.3) is 0 Å². The monoisotopic (exact) mass is 330 g/mol. The topological polar surface area (TPSA) is 35.5 Å². The Morgan fingerprint density at radius 2 is 1.75 bits per heavy atom. The highest BCUT2D eigenvalue weighted by Gasteiger charge is 2.49. The fraction of sp³-hybridized carbons (Fsp3) is 0.667. The van der Waals surface area contributed by atoms with Crippen molar-refractivity contribution in [3.8, 4) is 0 Å². The first-order valence-corrected chi connectivity index (χ1v) is 9.34. The Balaban J connectivity index is 1.57. The Bertz CT molecular complexity index is 566. The van der Waals surface area contributed by atoms with Crippen LogP contribution in [0.3, 0.4) is 0 Å². The lowest BCUT2D eigenvalue weighted by molar-refractivity contribution is -0.160. The van der Waals surface area contributed by atoms with Crippen molar-refractivity contribution in [3.63, 3.8) is 0 Å². The largest absolute Gasteiger partial charge is 0.462 e. The second-order valence-corrected chi connectivity index (χ2v) is 8.04. The number of carbonyl (C=O) groups is 1. The molecule has 3 nitrogen and oxygen atoms in total. The number of hydrogen-bond acceptors (Lipinski definition) is 3. The zero-order chi connectivity index (χ0) is 17.3. The van der Waals surface area contributed by atoms with Crippen molar-refractivity contribution in [2.45, 2.75) is 71.2 Å². The van der Waals surface area contributed by atoms with Gasteiger partial charge in [0.2, 0.25) is 0 Å². The van der Waals surface area contributed by atoms with E-state index in [-0.39, 0.29) is 29.7 Å². The molecule has 0 aliphatic heterocycles. The van der Waals surface area contributed by atoms with E-state index in [1.54, 1.807) is 0 Å². The van der Waals surface area contributed by atoms with Gasteiger partial charge in [-0.15, -0.1) is 0 Å². The minimum atomic E-state index is -0.278. The van der Waals surface area contributed by atoms with E-state index in [1.165, 1.54) is 5.56 Å². The summed E-state index contributed by atoms with van der Waals surface area (Å²) in [4.78, 5) is 12.0. The lowest BCUT2D eigenvalue weighted by atomic mass is 9.92. The summed E-state index contributed by atoms with van der Waals surface area (Å²) in [5.41, 5.74) is 0.937. The Kier molecular flexibility index (Phi) is 5.00. The third-order valence-corrected chi connectivity index (χ3v) is 5.92. The fourth-order valence-corrected chi connectivity index (χ4v) is 4.18. The molecule has 0 saturated heterocycles. The summed E-state index contributed by atoms with van der Waals surface area (Å²) in [6.07, 6.45) is 4.34. The average molecular weight is 330 g/mol. The fourth-order valence-electron chi connectivity index (χ4n) is 4.18. The van der Waals surface area contributed by atoms with Crippen molar-refractivity contribution < 1.29 is 14.3 Å². The van der Waals surface area contributed by atoms with E-state index < -0.39 is 0 Å². The maximum absolute atomic E-state index is 12.0. The quantitative estimate of drug-likeness (QED) is 0.710. The van der Waals surface area contributed by atoms with Crippen molar-refractivity contribution in [2.75, 3.05) is 0 Å². The van der Waals surface area contributed by atoms with E-state index in [1.807, 2.05) is 19.9 Å². The van der Waals surface area contributed by atoms with Gasteiger partial charge >= 0.3 is 5.97 Å². The Morgan fingerprint density at radius 3 is 2.33 bits per heavy atom. The molecule has 3 heteroatoms. The van der Waals surface area contributed by atoms with Crippen LogP contribution in [0.5, 0.6) is 0 Å². The van der Waals surface area contributed by atoms with E-state index in [9.17, 15) is 4.79 Å². The summed E-state index contributed by atoms with van der Waals surface area (Å²) in [6.45, 7) is 8.27. The normalized spacial score (nSPS) is 30.3. The molecule has 0 aromatic heterocycles. The predicted octanol–water partition coefficient (Wildman–Crippen LogP) is 4.69. The van der Waals surface area contributed by atoms with Crippen LogP contribution in [0.25, 0.3) is 0 Å². The molecule has 0 spiro atoms. The molecule has 0 radical (unpaired) electrons. The molecular formula is C21H30O3. The lowest BCUT2D eigenvalue weighted by Gasteiger charge is -2.35. The molecule has 3 rings (SSSR count). The highest BCUT2D eigenvalue weighted by molar-refractivity contribution is 5.72. The van der Waals surface area contributed by atoms with Gasteiger partial charge in [-0.25, -0.2) is 0 Å². The highest BCUT2D eigenvalue weighted by Crippen LogP contribution is 2.49. The predicted molar refractivity (Wildman–Crippen MR) is 94.5 cm³/mol. The maximum atomic E-state index is 12.0. The molecule has 24 heavy (non-hydrogen) atoms. The highest BCUT2D eigenvalue weighted by atomic mass is 16.5. The molecule has 132 valence electrons. The van der Waals surface area contributed by atoms with Crippen LogP contribution in [-0.2, 0) is 19.9 Å². The van der Waals surface area contributed by atoms with Crippen molar-refractivity contribution in [1.29, 1.82) is 0 Å². The van der Waals surface area contributed by atoms with Crippen LogP contribution in [0.2, 0.25) is 0 Å². The summed E-state index contributed by atoms with van der Waals surface area (Å²) < 4.78 is 12.3. The molecule has 2 saturated carbocycles. The number of benzene rings is 1. The van der Waals surface area contributed by atoms with Gasteiger partial charge in [-0.1, -0.05) is 44.2 Å². The van der Waals surface area contributed by atoms with Crippen LogP contribution in [0.1, 0.15) is 58.9 Å². The Hall–Kier alpha value is -1.35. The summed E-state index contributed by atoms with van der Waals surface area (Å²) >= 11 is 0. The zero-order valence-corrected chi connectivity index (χ0v) is 15.3. The van der Waals surface area contributed by atoms with Crippen LogP contribution >= 0.6 is 0 Å². The summed E-state index contributed by atoms with van der Waals surface area (Å²) in [6, 6.07) is 10.4. The number of rotatable bonds is 6. The van der Waals surface area contributed by atoms with E-state index in [0.29, 0.717) is 11.8 Å². The van der Waals surface area contributed by atoms with Crippen LogP contribution in [0.4, 0.5) is 0 Å². The first-order valence-electron chi connectivity index (χ1n) is 9.34. The number of esters is 1. The molecule has 1 aromatic carbocycles. The average Bonchev–Trinajstić information content (AvgIpc) is 3.14. The second kappa shape index (κ2) is 6.87.